The van der Waals surface area contributed by atoms with E-state index >= 15 is 0 Å². The summed E-state index contributed by atoms with van der Waals surface area (Å²) in [5.41, 5.74) is 0.679. The molecule has 0 saturated carbocycles. The van der Waals surface area contributed by atoms with E-state index in [0.29, 0.717) is 27.1 Å². The summed E-state index contributed by atoms with van der Waals surface area (Å²) in [5.74, 6) is -0.163. The second kappa shape index (κ2) is 11.1. The molecular weight excluding hydrogens is 510 g/mol. The molecular formula is C24H20ClN3O7S. The quantitative estimate of drug-likeness (QED) is 0.325. The molecule has 1 amide bonds. The van der Waals surface area contributed by atoms with Gasteiger partial charge in [-0.25, -0.2) is 9.78 Å². The SMILES string of the molecule is COc1ccc(Cl)cc1NC(=O)COc1ccc(C(=O)OCc2cc(=O)n3ccsc3n2)cc1OC. The van der Waals surface area contributed by atoms with Gasteiger partial charge in [0.25, 0.3) is 11.5 Å². The molecule has 0 bridgehead atoms. The summed E-state index contributed by atoms with van der Waals surface area (Å²) in [6, 6.07) is 10.5. The lowest BCUT2D eigenvalue weighted by Gasteiger charge is -2.13. The number of amides is 1. The zero-order valence-corrected chi connectivity index (χ0v) is 20.7. The molecule has 4 rings (SSSR count). The standard InChI is InChI=1S/C24H20ClN3O7S/c1-32-18-6-4-15(25)10-17(18)27-21(29)13-34-19-5-3-14(9-20(19)33-2)23(31)35-12-16-11-22(30)28-7-8-36-24(28)26-16/h3-11H,12-13H2,1-2H3,(H,27,29). The van der Waals surface area contributed by atoms with Crippen LogP contribution in [0.2, 0.25) is 5.02 Å². The molecule has 0 saturated heterocycles. The van der Waals surface area contributed by atoms with E-state index in [0.717, 1.165) is 0 Å². The summed E-state index contributed by atoms with van der Waals surface area (Å²) in [7, 11) is 2.88. The molecule has 1 N–H and O–H groups in total. The van der Waals surface area contributed by atoms with Crippen LogP contribution in [0.3, 0.4) is 0 Å². The highest BCUT2D eigenvalue weighted by Gasteiger charge is 2.15. The molecule has 36 heavy (non-hydrogen) atoms. The largest absolute Gasteiger partial charge is 0.495 e. The Labute approximate surface area is 214 Å². The van der Waals surface area contributed by atoms with Gasteiger partial charge >= 0.3 is 5.97 Å². The maximum Gasteiger partial charge on any atom is 0.338 e. The average Bonchev–Trinajstić information content (AvgIpc) is 3.35. The molecule has 0 atom stereocenters. The van der Waals surface area contributed by atoms with Crippen molar-refractivity contribution in [3.05, 3.63) is 80.7 Å². The number of esters is 1. The predicted molar refractivity (Wildman–Crippen MR) is 134 cm³/mol. The molecule has 0 radical (unpaired) electrons. The third-order valence-corrected chi connectivity index (χ3v) is 5.89. The summed E-state index contributed by atoms with van der Waals surface area (Å²) in [5, 5.41) is 4.85. The molecule has 0 spiro atoms. The molecule has 4 aromatic rings. The summed E-state index contributed by atoms with van der Waals surface area (Å²) < 4.78 is 22.8. The number of rotatable bonds is 9. The van der Waals surface area contributed by atoms with Gasteiger partial charge in [-0.1, -0.05) is 11.6 Å². The second-order valence-electron chi connectivity index (χ2n) is 7.26. The number of nitrogens with zero attached hydrogens (tertiary/aromatic N) is 2. The van der Waals surface area contributed by atoms with E-state index in [2.05, 4.69) is 10.3 Å². The minimum atomic E-state index is -0.640. The number of thiazole rings is 1. The van der Waals surface area contributed by atoms with Crippen LogP contribution in [0.15, 0.2) is 58.8 Å². The van der Waals surface area contributed by atoms with Crippen molar-refractivity contribution < 1.29 is 28.5 Å². The van der Waals surface area contributed by atoms with Crippen LogP contribution in [0.1, 0.15) is 16.1 Å². The fraction of sp³-hybridized carbons (Fsp3) is 0.167. The van der Waals surface area contributed by atoms with Crippen LogP contribution in [0.4, 0.5) is 5.69 Å². The van der Waals surface area contributed by atoms with Crippen LogP contribution >= 0.6 is 22.9 Å². The fourth-order valence-corrected chi connectivity index (χ4v) is 4.12. The molecule has 0 aliphatic heterocycles. The van der Waals surface area contributed by atoms with E-state index in [9.17, 15) is 14.4 Å². The monoisotopic (exact) mass is 529 g/mol. The van der Waals surface area contributed by atoms with Gasteiger partial charge in [-0.15, -0.1) is 11.3 Å². The molecule has 0 fully saturated rings. The average molecular weight is 530 g/mol. The summed E-state index contributed by atoms with van der Waals surface area (Å²) >= 11 is 7.28. The van der Waals surface area contributed by atoms with Crippen molar-refractivity contribution in [2.24, 2.45) is 0 Å². The Kier molecular flexibility index (Phi) is 7.71. The van der Waals surface area contributed by atoms with Crippen LogP contribution in [0.5, 0.6) is 17.2 Å². The van der Waals surface area contributed by atoms with E-state index in [1.807, 2.05) is 0 Å². The number of anilines is 1. The number of ether oxygens (including phenoxy) is 4. The van der Waals surface area contributed by atoms with Crippen molar-refractivity contribution in [2.75, 3.05) is 26.1 Å². The number of nitrogens with one attached hydrogen (secondary N) is 1. The number of carbonyl (C=O) groups is 2. The van der Waals surface area contributed by atoms with Crippen molar-refractivity contribution in [3.63, 3.8) is 0 Å². The minimum absolute atomic E-state index is 0.170. The van der Waals surface area contributed by atoms with E-state index in [4.69, 9.17) is 30.5 Å². The first-order valence-electron chi connectivity index (χ1n) is 10.4. The molecule has 0 aliphatic rings. The molecule has 0 aliphatic carbocycles. The van der Waals surface area contributed by atoms with Gasteiger partial charge in [-0.3, -0.25) is 14.0 Å². The maximum absolute atomic E-state index is 12.5. The summed E-state index contributed by atoms with van der Waals surface area (Å²) in [4.78, 5) is 41.8. The third-order valence-electron chi connectivity index (χ3n) is 4.90. The van der Waals surface area contributed by atoms with Gasteiger partial charge < -0.3 is 24.3 Å². The van der Waals surface area contributed by atoms with Gasteiger partial charge in [0.05, 0.1) is 31.2 Å². The zero-order valence-electron chi connectivity index (χ0n) is 19.1. The molecule has 10 nitrogen and oxygen atoms in total. The van der Waals surface area contributed by atoms with Crippen LogP contribution in [0.25, 0.3) is 4.96 Å². The van der Waals surface area contributed by atoms with Crippen molar-refractivity contribution in [3.8, 4) is 17.2 Å². The Morgan fingerprint density at radius 2 is 1.83 bits per heavy atom. The Hall–Kier alpha value is -4.09. The van der Waals surface area contributed by atoms with Crippen LogP contribution in [-0.4, -0.2) is 42.1 Å². The van der Waals surface area contributed by atoms with Gasteiger partial charge in [0.15, 0.2) is 23.1 Å². The highest BCUT2D eigenvalue weighted by molar-refractivity contribution is 7.15. The number of hydrogen-bond donors (Lipinski definition) is 1. The first kappa shape index (κ1) is 25.0. The number of aromatic nitrogens is 2. The van der Waals surface area contributed by atoms with Crippen LogP contribution in [-0.2, 0) is 16.1 Å². The van der Waals surface area contributed by atoms with Gasteiger partial charge in [0, 0.05) is 22.7 Å². The predicted octanol–water partition coefficient (Wildman–Crippen LogP) is 3.80. The number of fused-ring (bicyclic) bond motifs is 1. The van der Waals surface area contributed by atoms with Crippen molar-refractivity contribution in [1.82, 2.24) is 9.38 Å². The number of hydrogen-bond acceptors (Lipinski definition) is 9. The Balaban J connectivity index is 1.38. The Morgan fingerprint density at radius 1 is 1.06 bits per heavy atom. The van der Waals surface area contributed by atoms with E-state index in [1.165, 1.54) is 54.2 Å². The van der Waals surface area contributed by atoms with E-state index in [-0.39, 0.29) is 35.8 Å². The van der Waals surface area contributed by atoms with Crippen molar-refractivity contribution >= 4 is 45.5 Å². The van der Waals surface area contributed by atoms with Gasteiger partial charge in [0.1, 0.15) is 12.4 Å². The number of halogens is 1. The molecule has 12 heteroatoms. The molecule has 2 heterocycles. The topological polar surface area (TPSA) is 117 Å². The van der Waals surface area contributed by atoms with Gasteiger partial charge in [0.2, 0.25) is 0 Å². The van der Waals surface area contributed by atoms with E-state index < -0.39 is 11.9 Å². The van der Waals surface area contributed by atoms with Crippen LogP contribution in [0, 0.1) is 0 Å². The van der Waals surface area contributed by atoms with Gasteiger partial charge in [-0.05, 0) is 36.4 Å². The zero-order chi connectivity index (χ0) is 25.7. The lowest BCUT2D eigenvalue weighted by Crippen LogP contribution is -2.20. The van der Waals surface area contributed by atoms with Crippen LogP contribution < -0.4 is 25.1 Å². The number of benzene rings is 2. The summed E-state index contributed by atoms with van der Waals surface area (Å²) in [6.07, 6.45) is 1.62. The number of methoxy groups -OCH3 is 2. The lowest BCUT2D eigenvalue weighted by molar-refractivity contribution is -0.118. The first-order valence-corrected chi connectivity index (χ1v) is 11.7. The van der Waals surface area contributed by atoms with Crippen molar-refractivity contribution in [1.29, 1.82) is 0 Å². The highest BCUT2D eigenvalue weighted by Crippen LogP contribution is 2.30. The molecule has 0 unspecified atom stereocenters. The van der Waals surface area contributed by atoms with E-state index in [1.54, 1.807) is 29.8 Å². The minimum Gasteiger partial charge on any atom is -0.495 e. The molecule has 2 aromatic carbocycles. The van der Waals surface area contributed by atoms with Gasteiger partial charge in [-0.2, -0.15) is 0 Å². The smallest absolute Gasteiger partial charge is 0.338 e. The normalized spacial score (nSPS) is 10.6. The summed E-state index contributed by atoms with van der Waals surface area (Å²) in [6.45, 7) is -0.502. The molecule has 186 valence electrons. The Bertz CT molecular complexity index is 1480. The second-order valence-corrected chi connectivity index (χ2v) is 8.57. The third kappa shape index (κ3) is 5.75. The fourth-order valence-electron chi connectivity index (χ4n) is 3.21. The Morgan fingerprint density at radius 3 is 2.61 bits per heavy atom. The molecule has 2 aromatic heterocycles. The maximum atomic E-state index is 12.5. The lowest BCUT2D eigenvalue weighted by atomic mass is 10.2. The highest BCUT2D eigenvalue weighted by atomic mass is 35.5. The first-order chi connectivity index (χ1) is 17.4. The van der Waals surface area contributed by atoms with Crippen molar-refractivity contribution in [2.45, 2.75) is 6.61 Å². The number of carbonyl (C=O) groups excluding carboxylic acids is 2.